The van der Waals surface area contributed by atoms with Gasteiger partial charge in [0.25, 0.3) is 0 Å². The van der Waals surface area contributed by atoms with Gasteiger partial charge in [-0.25, -0.2) is 9.98 Å². The number of nitrogens with two attached hydrogens (primary N) is 1. The van der Waals surface area contributed by atoms with E-state index in [1.807, 2.05) is 30.3 Å². The standard InChI is InChI=1S/C18H24N4O2.HI/c1-23-12-13-24-17-16(8-5-10-20-17)14-22-18(19)21-11-9-15-6-3-2-4-7-15;/h2-8,10H,9,11-14H2,1H3,(H3,19,21,22);1H. The molecule has 136 valence electrons. The van der Waals surface area contributed by atoms with Gasteiger partial charge in [-0.3, -0.25) is 0 Å². The molecule has 0 spiro atoms. The number of guanidine groups is 1. The van der Waals surface area contributed by atoms with Gasteiger partial charge in [0.2, 0.25) is 5.88 Å². The highest BCUT2D eigenvalue weighted by molar-refractivity contribution is 14.0. The molecule has 2 rings (SSSR count). The number of hydrogen-bond donors (Lipinski definition) is 2. The minimum Gasteiger partial charge on any atom is -0.475 e. The first-order chi connectivity index (χ1) is 11.8. The van der Waals surface area contributed by atoms with Gasteiger partial charge in [-0.1, -0.05) is 36.4 Å². The van der Waals surface area contributed by atoms with Crippen LogP contribution >= 0.6 is 24.0 Å². The quantitative estimate of drug-likeness (QED) is 0.262. The van der Waals surface area contributed by atoms with Crippen molar-refractivity contribution in [2.45, 2.75) is 13.0 Å². The van der Waals surface area contributed by atoms with E-state index in [9.17, 15) is 0 Å². The molecule has 0 unspecified atom stereocenters. The number of aliphatic imine (C=N–C) groups is 1. The van der Waals surface area contributed by atoms with Crippen LogP contribution in [0.25, 0.3) is 0 Å². The zero-order chi connectivity index (χ0) is 17.0. The summed E-state index contributed by atoms with van der Waals surface area (Å²) >= 11 is 0. The molecule has 0 atom stereocenters. The highest BCUT2D eigenvalue weighted by Gasteiger charge is 2.04. The molecule has 3 N–H and O–H groups in total. The highest BCUT2D eigenvalue weighted by atomic mass is 127. The Hall–Kier alpha value is -1.87. The average Bonchev–Trinajstić information content (AvgIpc) is 2.62. The van der Waals surface area contributed by atoms with Gasteiger partial charge in [-0.2, -0.15) is 0 Å². The van der Waals surface area contributed by atoms with Gasteiger partial charge in [-0.15, -0.1) is 24.0 Å². The zero-order valence-electron chi connectivity index (χ0n) is 14.4. The van der Waals surface area contributed by atoms with Gasteiger partial charge in [0.15, 0.2) is 5.96 Å². The number of methoxy groups -OCH3 is 1. The third-order valence-electron chi connectivity index (χ3n) is 3.36. The predicted molar refractivity (Wildman–Crippen MR) is 110 cm³/mol. The molecule has 0 aliphatic heterocycles. The van der Waals surface area contributed by atoms with E-state index in [1.54, 1.807) is 13.3 Å². The Morgan fingerprint density at radius 3 is 2.72 bits per heavy atom. The number of halogens is 1. The van der Waals surface area contributed by atoms with Gasteiger partial charge < -0.3 is 20.5 Å². The normalized spacial score (nSPS) is 10.8. The first-order valence-electron chi connectivity index (χ1n) is 7.93. The van der Waals surface area contributed by atoms with E-state index in [0.717, 1.165) is 18.5 Å². The summed E-state index contributed by atoms with van der Waals surface area (Å²) in [5.74, 6) is 0.980. The maximum absolute atomic E-state index is 5.92. The Morgan fingerprint density at radius 2 is 1.96 bits per heavy atom. The summed E-state index contributed by atoms with van der Waals surface area (Å²) in [6.07, 6.45) is 2.59. The summed E-state index contributed by atoms with van der Waals surface area (Å²) in [7, 11) is 1.63. The SMILES string of the molecule is COCCOc1ncccc1CN=C(N)NCCc1ccccc1.I. The molecule has 1 heterocycles. The molecule has 0 fully saturated rings. The van der Waals surface area contributed by atoms with Gasteiger partial charge in [0.1, 0.15) is 6.61 Å². The van der Waals surface area contributed by atoms with Crippen LogP contribution < -0.4 is 15.8 Å². The Morgan fingerprint density at radius 1 is 1.16 bits per heavy atom. The van der Waals surface area contributed by atoms with Crippen molar-refractivity contribution in [1.82, 2.24) is 10.3 Å². The molecule has 0 bridgehead atoms. The molecular formula is C18H25IN4O2. The monoisotopic (exact) mass is 456 g/mol. The summed E-state index contributed by atoms with van der Waals surface area (Å²) in [6, 6.07) is 14.0. The van der Waals surface area contributed by atoms with Crippen molar-refractivity contribution in [2.75, 3.05) is 26.9 Å². The molecule has 0 saturated heterocycles. The van der Waals surface area contributed by atoms with E-state index >= 15 is 0 Å². The van der Waals surface area contributed by atoms with E-state index in [0.29, 0.717) is 31.6 Å². The maximum atomic E-state index is 5.92. The second-order valence-corrected chi connectivity index (χ2v) is 5.17. The van der Waals surface area contributed by atoms with Crippen molar-refractivity contribution in [3.05, 3.63) is 59.8 Å². The molecule has 6 nitrogen and oxygen atoms in total. The largest absolute Gasteiger partial charge is 0.475 e. The molecule has 0 aliphatic rings. The van der Waals surface area contributed by atoms with E-state index in [-0.39, 0.29) is 24.0 Å². The lowest BCUT2D eigenvalue weighted by atomic mass is 10.1. The van der Waals surface area contributed by atoms with Crippen LogP contribution in [-0.2, 0) is 17.7 Å². The molecule has 25 heavy (non-hydrogen) atoms. The minimum atomic E-state index is 0. The Bertz CT molecular complexity index is 638. The fraction of sp³-hybridized carbons (Fsp3) is 0.333. The number of nitrogens with one attached hydrogen (secondary N) is 1. The summed E-state index contributed by atoms with van der Waals surface area (Å²) in [5.41, 5.74) is 8.07. The van der Waals surface area contributed by atoms with Crippen LogP contribution in [0.3, 0.4) is 0 Å². The Labute approximate surface area is 165 Å². The van der Waals surface area contributed by atoms with Crippen LogP contribution in [0.5, 0.6) is 5.88 Å². The number of aromatic nitrogens is 1. The highest BCUT2D eigenvalue weighted by Crippen LogP contribution is 2.15. The van der Waals surface area contributed by atoms with Crippen molar-refractivity contribution < 1.29 is 9.47 Å². The molecule has 1 aromatic carbocycles. The van der Waals surface area contributed by atoms with Crippen molar-refractivity contribution in [3.63, 3.8) is 0 Å². The molecule has 1 aromatic heterocycles. The lowest BCUT2D eigenvalue weighted by Crippen LogP contribution is -2.33. The number of benzene rings is 1. The van der Waals surface area contributed by atoms with Crippen LogP contribution in [0, 0.1) is 0 Å². The molecule has 0 aliphatic carbocycles. The van der Waals surface area contributed by atoms with E-state index in [1.165, 1.54) is 5.56 Å². The Balaban J connectivity index is 0.00000312. The smallest absolute Gasteiger partial charge is 0.218 e. The average molecular weight is 456 g/mol. The minimum absolute atomic E-state index is 0. The predicted octanol–water partition coefficient (Wildman–Crippen LogP) is 2.37. The molecule has 2 aromatic rings. The lowest BCUT2D eigenvalue weighted by Gasteiger charge is -2.09. The van der Waals surface area contributed by atoms with E-state index < -0.39 is 0 Å². The van der Waals surface area contributed by atoms with Crippen LogP contribution in [0.15, 0.2) is 53.7 Å². The van der Waals surface area contributed by atoms with Crippen LogP contribution in [0.2, 0.25) is 0 Å². The second-order valence-electron chi connectivity index (χ2n) is 5.17. The summed E-state index contributed by atoms with van der Waals surface area (Å²) < 4.78 is 10.6. The molecule has 0 radical (unpaired) electrons. The Kier molecular flexibility index (Phi) is 10.6. The first-order valence-corrected chi connectivity index (χ1v) is 7.93. The van der Waals surface area contributed by atoms with Gasteiger partial charge >= 0.3 is 0 Å². The number of hydrogen-bond acceptors (Lipinski definition) is 4. The van der Waals surface area contributed by atoms with Gasteiger partial charge in [0, 0.05) is 25.4 Å². The van der Waals surface area contributed by atoms with Crippen LogP contribution in [0.4, 0.5) is 0 Å². The van der Waals surface area contributed by atoms with Gasteiger partial charge in [-0.05, 0) is 18.1 Å². The summed E-state index contributed by atoms with van der Waals surface area (Å²) in [4.78, 5) is 8.57. The van der Waals surface area contributed by atoms with Crippen LogP contribution in [-0.4, -0.2) is 37.8 Å². The van der Waals surface area contributed by atoms with Gasteiger partial charge in [0.05, 0.1) is 13.2 Å². The topological polar surface area (TPSA) is 81.8 Å². The number of rotatable bonds is 9. The van der Waals surface area contributed by atoms with Crippen molar-refractivity contribution in [2.24, 2.45) is 10.7 Å². The van der Waals surface area contributed by atoms with E-state index in [4.69, 9.17) is 15.2 Å². The number of nitrogens with zero attached hydrogens (tertiary/aromatic N) is 2. The van der Waals surface area contributed by atoms with Crippen LogP contribution in [0.1, 0.15) is 11.1 Å². The molecule has 0 saturated carbocycles. The van der Waals surface area contributed by atoms with Crippen molar-refractivity contribution in [1.29, 1.82) is 0 Å². The zero-order valence-corrected chi connectivity index (χ0v) is 16.7. The maximum Gasteiger partial charge on any atom is 0.218 e. The second kappa shape index (κ2) is 12.5. The fourth-order valence-corrected chi connectivity index (χ4v) is 2.10. The van der Waals surface area contributed by atoms with Crippen molar-refractivity contribution >= 4 is 29.9 Å². The molecule has 0 amide bonds. The first kappa shape index (κ1) is 21.2. The summed E-state index contributed by atoms with van der Waals surface area (Å²) in [6.45, 7) is 2.13. The molecule has 7 heteroatoms. The van der Waals surface area contributed by atoms with Crippen molar-refractivity contribution in [3.8, 4) is 5.88 Å². The van der Waals surface area contributed by atoms with E-state index in [2.05, 4.69) is 27.4 Å². The molecular weight excluding hydrogens is 431 g/mol. The fourth-order valence-electron chi connectivity index (χ4n) is 2.10. The number of pyridine rings is 1. The lowest BCUT2D eigenvalue weighted by molar-refractivity contribution is 0.143. The third kappa shape index (κ3) is 8.17. The summed E-state index contributed by atoms with van der Waals surface area (Å²) in [5, 5.41) is 3.12. The number of ether oxygens (including phenoxy) is 2. The third-order valence-corrected chi connectivity index (χ3v) is 3.36.